The molecule has 0 spiro atoms. The summed E-state index contributed by atoms with van der Waals surface area (Å²) < 4.78 is 17.2. The smallest absolute Gasteiger partial charge is 0.251 e. The van der Waals surface area contributed by atoms with Crippen molar-refractivity contribution in [2.24, 2.45) is 0 Å². The lowest BCUT2D eigenvalue weighted by Crippen LogP contribution is -2.47. The molecule has 0 N–H and O–H groups in total. The van der Waals surface area contributed by atoms with Crippen LogP contribution in [0.4, 0.5) is 0 Å². The van der Waals surface area contributed by atoms with Crippen LogP contribution >= 0.6 is 0 Å². The SMILES string of the molecule is Cc1nnc([C@@H]2CN(C(=O)[C@H](C)OC3CCCCCC3)CCO2)o1. The van der Waals surface area contributed by atoms with Gasteiger partial charge in [-0.2, -0.15) is 0 Å². The van der Waals surface area contributed by atoms with Crippen LogP contribution in [0.25, 0.3) is 0 Å². The number of rotatable bonds is 4. The second-order valence-corrected chi connectivity index (χ2v) is 6.69. The topological polar surface area (TPSA) is 77.7 Å². The van der Waals surface area contributed by atoms with E-state index < -0.39 is 6.10 Å². The Morgan fingerprint density at radius 2 is 2.00 bits per heavy atom. The van der Waals surface area contributed by atoms with Gasteiger partial charge in [0.05, 0.1) is 19.3 Å². The highest BCUT2D eigenvalue weighted by Gasteiger charge is 2.32. The van der Waals surface area contributed by atoms with Crippen molar-refractivity contribution in [3.05, 3.63) is 11.8 Å². The minimum Gasteiger partial charge on any atom is -0.423 e. The summed E-state index contributed by atoms with van der Waals surface area (Å²) in [6.07, 6.45) is 6.50. The number of nitrogens with zero attached hydrogens (tertiary/aromatic N) is 3. The number of carbonyl (C=O) groups excluding carboxylic acids is 1. The lowest BCUT2D eigenvalue weighted by Gasteiger charge is -2.33. The van der Waals surface area contributed by atoms with Crippen LogP contribution in [-0.4, -0.2) is 52.9 Å². The summed E-state index contributed by atoms with van der Waals surface area (Å²) in [6.45, 7) is 5.06. The zero-order valence-corrected chi connectivity index (χ0v) is 14.6. The molecular weight excluding hydrogens is 310 g/mol. The lowest BCUT2D eigenvalue weighted by molar-refractivity contribution is -0.154. The molecule has 1 aliphatic carbocycles. The number of carbonyl (C=O) groups is 1. The Labute approximate surface area is 142 Å². The van der Waals surface area contributed by atoms with Crippen LogP contribution in [0.3, 0.4) is 0 Å². The van der Waals surface area contributed by atoms with E-state index in [1.807, 2.05) is 6.92 Å². The Hall–Kier alpha value is -1.47. The van der Waals surface area contributed by atoms with Gasteiger partial charge < -0.3 is 18.8 Å². The fourth-order valence-corrected chi connectivity index (χ4v) is 3.42. The molecule has 1 saturated carbocycles. The maximum absolute atomic E-state index is 12.7. The Balaban J connectivity index is 1.55. The fraction of sp³-hybridized carbons (Fsp3) is 0.824. The fourth-order valence-electron chi connectivity index (χ4n) is 3.42. The molecule has 0 radical (unpaired) electrons. The second kappa shape index (κ2) is 8.07. The van der Waals surface area contributed by atoms with Gasteiger partial charge in [0.1, 0.15) is 6.10 Å². The van der Waals surface area contributed by atoms with Gasteiger partial charge in [-0.1, -0.05) is 25.7 Å². The molecule has 1 amide bonds. The van der Waals surface area contributed by atoms with Crippen LogP contribution in [-0.2, 0) is 14.3 Å². The molecule has 2 atom stereocenters. The van der Waals surface area contributed by atoms with Crippen molar-refractivity contribution in [2.75, 3.05) is 19.7 Å². The summed E-state index contributed by atoms with van der Waals surface area (Å²) in [5, 5.41) is 7.83. The third-order valence-electron chi connectivity index (χ3n) is 4.74. The van der Waals surface area contributed by atoms with Gasteiger partial charge in [-0.25, -0.2) is 0 Å². The number of hydrogen-bond donors (Lipinski definition) is 0. The predicted molar refractivity (Wildman–Crippen MR) is 86.3 cm³/mol. The molecule has 7 heteroatoms. The van der Waals surface area contributed by atoms with Crippen molar-refractivity contribution in [3.8, 4) is 0 Å². The molecule has 7 nitrogen and oxygen atoms in total. The summed E-state index contributed by atoms with van der Waals surface area (Å²) in [7, 11) is 0. The maximum atomic E-state index is 12.7. The summed E-state index contributed by atoms with van der Waals surface area (Å²) in [5.74, 6) is 0.952. The molecule has 24 heavy (non-hydrogen) atoms. The number of amides is 1. The zero-order chi connectivity index (χ0) is 16.9. The summed E-state index contributed by atoms with van der Waals surface area (Å²) in [6, 6.07) is 0. The van der Waals surface area contributed by atoms with Crippen LogP contribution in [0.2, 0.25) is 0 Å². The van der Waals surface area contributed by atoms with E-state index in [0.717, 1.165) is 12.8 Å². The first-order chi connectivity index (χ1) is 11.6. The number of aryl methyl sites for hydroxylation is 1. The largest absolute Gasteiger partial charge is 0.423 e. The first-order valence-electron chi connectivity index (χ1n) is 8.99. The zero-order valence-electron chi connectivity index (χ0n) is 14.6. The molecule has 1 saturated heterocycles. The third-order valence-corrected chi connectivity index (χ3v) is 4.74. The normalized spacial score (nSPS) is 24.6. The van der Waals surface area contributed by atoms with Gasteiger partial charge in [0.25, 0.3) is 5.91 Å². The molecule has 134 valence electrons. The van der Waals surface area contributed by atoms with E-state index >= 15 is 0 Å². The van der Waals surface area contributed by atoms with Crippen LogP contribution in [0.5, 0.6) is 0 Å². The Kier molecular flexibility index (Phi) is 5.84. The molecule has 0 bridgehead atoms. The predicted octanol–water partition coefficient (Wildman–Crippen LogP) is 2.41. The van der Waals surface area contributed by atoms with E-state index in [4.69, 9.17) is 13.9 Å². The van der Waals surface area contributed by atoms with Crippen molar-refractivity contribution in [2.45, 2.75) is 70.7 Å². The third kappa shape index (κ3) is 4.33. The monoisotopic (exact) mass is 337 g/mol. The standard InChI is InChI=1S/C17H27N3O4/c1-12(23-14-7-5-3-4-6-8-14)17(21)20-9-10-22-15(11-20)16-19-18-13(2)24-16/h12,14-15H,3-11H2,1-2H3/t12-,15-/m0/s1. The summed E-state index contributed by atoms with van der Waals surface area (Å²) in [4.78, 5) is 14.5. The lowest BCUT2D eigenvalue weighted by atomic mass is 10.1. The van der Waals surface area contributed by atoms with E-state index in [0.29, 0.717) is 31.5 Å². The van der Waals surface area contributed by atoms with Crippen molar-refractivity contribution >= 4 is 5.91 Å². The number of morpholine rings is 1. The van der Waals surface area contributed by atoms with Gasteiger partial charge in [0.15, 0.2) is 6.10 Å². The first kappa shape index (κ1) is 17.4. The van der Waals surface area contributed by atoms with Crippen LogP contribution in [0, 0.1) is 6.92 Å². The Bertz CT molecular complexity index is 540. The maximum Gasteiger partial charge on any atom is 0.251 e. The quantitative estimate of drug-likeness (QED) is 0.785. The number of aromatic nitrogens is 2. The minimum atomic E-state index is -0.420. The highest BCUT2D eigenvalue weighted by Crippen LogP contribution is 2.24. The van der Waals surface area contributed by atoms with Crippen molar-refractivity contribution in [3.63, 3.8) is 0 Å². The van der Waals surface area contributed by atoms with Gasteiger partial charge in [0, 0.05) is 13.5 Å². The van der Waals surface area contributed by atoms with Crippen molar-refractivity contribution < 1.29 is 18.7 Å². The van der Waals surface area contributed by atoms with E-state index in [1.165, 1.54) is 25.7 Å². The molecule has 2 heterocycles. The van der Waals surface area contributed by atoms with Gasteiger partial charge in [-0.15, -0.1) is 10.2 Å². The van der Waals surface area contributed by atoms with E-state index in [-0.39, 0.29) is 18.1 Å². The molecule has 2 aliphatic rings. The highest BCUT2D eigenvalue weighted by atomic mass is 16.5. The van der Waals surface area contributed by atoms with Crippen molar-refractivity contribution in [1.82, 2.24) is 15.1 Å². The molecule has 2 fully saturated rings. The van der Waals surface area contributed by atoms with Gasteiger partial charge in [0.2, 0.25) is 11.8 Å². The van der Waals surface area contributed by atoms with Crippen LogP contribution in [0.15, 0.2) is 4.42 Å². The average Bonchev–Trinajstić information content (AvgIpc) is 2.87. The van der Waals surface area contributed by atoms with Gasteiger partial charge in [-0.05, 0) is 19.8 Å². The molecular formula is C17H27N3O4. The van der Waals surface area contributed by atoms with Crippen LogP contribution < -0.4 is 0 Å². The van der Waals surface area contributed by atoms with Crippen LogP contribution in [0.1, 0.15) is 63.3 Å². The van der Waals surface area contributed by atoms with Gasteiger partial charge in [-0.3, -0.25) is 4.79 Å². The highest BCUT2D eigenvalue weighted by molar-refractivity contribution is 5.80. The second-order valence-electron chi connectivity index (χ2n) is 6.69. The van der Waals surface area contributed by atoms with E-state index in [2.05, 4.69) is 10.2 Å². The number of hydrogen-bond acceptors (Lipinski definition) is 6. The molecule has 1 aromatic rings. The van der Waals surface area contributed by atoms with Crippen molar-refractivity contribution in [1.29, 1.82) is 0 Å². The van der Waals surface area contributed by atoms with Gasteiger partial charge >= 0.3 is 0 Å². The molecule has 0 aromatic carbocycles. The number of ether oxygens (including phenoxy) is 2. The van der Waals surface area contributed by atoms with E-state index in [9.17, 15) is 4.79 Å². The molecule has 3 rings (SSSR count). The Morgan fingerprint density at radius 3 is 2.67 bits per heavy atom. The summed E-state index contributed by atoms with van der Waals surface area (Å²) in [5.41, 5.74) is 0. The minimum absolute atomic E-state index is 0.0174. The summed E-state index contributed by atoms with van der Waals surface area (Å²) >= 11 is 0. The van der Waals surface area contributed by atoms with E-state index in [1.54, 1.807) is 11.8 Å². The molecule has 0 unspecified atom stereocenters. The Morgan fingerprint density at radius 1 is 1.25 bits per heavy atom. The molecule has 1 aliphatic heterocycles. The average molecular weight is 337 g/mol. The first-order valence-corrected chi connectivity index (χ1v) is 8.99. The molecule has 1 aromatic heterocycles.